The molecule has 0 fully saturated rings. The molecule has 0 aromatic heterocycles. The molecule has 15 heteroatoms. The van der Waals surface area contributed by atoms with Crippen LogP contribution in [-0.4, -0.2) is 79.6 Å². The number of amides is 4. The van der Waals surface area contributed by atoms with Gasteiger partial charge >= 0.3 is 12.2 Å². The maximum Gasteiger partial charge on any atom is 0.407 e. The lowest BCUT2D eigenvalue weighted by Crippen LogP contribution is -2.58. The van der Waals surface area contributed by atoms with Crippen molar-refractivity contribution in [1.82, 2.24) is 26.4 Å². The average Bonchev–Trinajstić information content (AvgIpc) is 2.84. The zero-order chi connectivity index (χ0) is 31.7. The molecular weight excluding hydrogens is 612 g/mol. The summed E-state index contributed by atoms with van der Waals surface area (Å²) >= 11 is 3.01. The second-order valence-corrected chi connectivity index (χ2v) is 12.4. The van der Waals surface area contributed by atoms with Crippen molar-refractivity contribution in [2.24, 2.45) is 10.8 Å². The number of aliphatic hydroxyl groups is 1. The smallest absolute Gasteiger partial charge is 0.407 e. The highest BCUT2D eigenvalue weighted by Gasteiger charge is 2.35. The summed E-state index contributed by atoms with van der Waals surface area (Å²) < 4.78 is 38.6. The van der Waals surface area contributed by atoms with Crippen LogP contribution in [0.2, 0.25) is 0 Å². The van der Waals surface area contributed by atoms with Crippen LogP contribution in [-0.2, 0) is 25.6 Å². The molecule has 4 amide bonds. The van der Waals surface area contributed by atoms with E-state index in [-0.39, 0.29) is 17.6 Å². The van der Waals surface area contributed by atoms with Gasteiger partial charge in [0.1, 0.15) is 23.7 Å². The van der Waals surface area contributed by atoms with Gasteiger partial charge in [0.2, 0.25) is 5.91 Å². The molecular formula is C26H40BrF2N5O7. The number of hydrogen-bond donors (Lipinski definition) is 5. The lowest BCUT2D eigenvalue weighted by Gasteiger charge is -2.33. The topological polar surface area (TPSA) is 158 Å². The third-order valence-electron chi connectivity index (χ3n) is 5.82. The van der Waals surface area contributed by atoms with Crippen molar-refractivity contribution in [3.05, 3.63) is 33.8 Å². The van der Waals surface area contributed by atoms with E-state index in [2.05, 4.69) is 46.8 Å². The van der Waals surface area contributed by atoms with E-state index in [0.717, 1.165) is 31.4 Å². The Morgan fingerprint density at radius 1 is 0.902 bits per heavy atom. The summed E-state index contributed by atoms with van der Waals surface area (Å²) in [6.45, 7) is 8.97. The lowest BCUT2D eigenvalue weighted by atomic mass is 9.86. The largest absolute Gasteiger partial charge is 0.453 e. The van der Waals surface area contributed by atoms with E-state index < -0.39 is 76.8 Å². The van der Waals surface area contributed by atoms with Gasteiger partial charge in [-0.15, -0.1) is 0 Å². The minimum absolute atomic E-state index is 0.165. The first-order chi connectivity index (χ1) is 18.8. The van der Waals surface area contributed by atoms with Crippen LogP contribution in [0.4, 0.5) is 18.4 Å². The third-order valence-corrected chi connectivity index (χ3v) is 6.28. The van der Waals surface area contributed by atoms with Gasteiger partial charge in [-0.25, -0.2) is 23.4 Å². The minimum Gasteiger partial charge on any atom is -0.453 e. The van der Waals surface area contributed by atoms with Crippen molar-refractivity contribution in [3.8, 4) is 0 Å². The van der Waals surface area contributed by atoms with Gasteiger partial charge in [0.15, 0.2) is 0 Å². The predicted molar refractivity (Wildman–Crippen MR) is 149 cm³/mol. The number of carbonyl (C=O) groups excluding carboxylic acids is 4. The van der Waals surface area contributed by atoms with E-state index in [1.165, 1.54) is 0 Å². The van der Waals surface area contributed by atoms with Gasteiger partial charge < -0.3 is 30.5 Å². The van der Waals surface area contributed by atoms with E-state index in [0.29, 0.717) is 0 Å². The number of benzene rings is 1. The minimum atomic E-state index is -1.35. The van der Waals surface area contributed by atoms with E-state index in [1.54, 1.807) is 41.5 Å². The number of nitrogens with one attached hydrogen (secondary N) is 4. The van der Waals surface area contributed by atoms with Crippen molar-refractivity contribution in [3.63, 3.8) is 0 Å². The number of aliphatic hydroxyl groups excluding tert-OH is 1. The molecule has 0 aliphatic carbocycles. The Morgan fingerprint density at radius 2 is 1.34 bits per heavy atom. The number of nitrogens with zero attached hydrogens (tertiary/aromatic N) is 1. The van der Waals surface area contributed by atoms with Crippen LogP contribution in [0.3, 0.4) is 0 Å². The Bertz CT molecular complexity index is 1070. The molecule has 0 saturated heterocycles. The van der Waals surface area contributed by atoms with Crippen LogP contribution in [0, 0.1) is 22.5 Å². The number of ether oxygens (including phenoxy) is 2. The summed E-state index contributed by atoms with van der Waals surface area (Å²) in [6, 6.07) is -0.0498. The first-order valence-electron chi connectivity index (χ1n) is 12.6. The van der Waals surface area contributed by atoms with Gasteiger partial charge in [-0.2, -0.15) is 0 Å². The van der Waals surface area contributed by atoms with Crippen LogP contribution in [0.25, 0.3) is 0 Å². The standard InChI is InChI=1S/C26H40BrF2N5O7/c1-25(2,3)19(31-23(38)40-7)21(36)30-11-15(35)12-34(13-16-17(28)9-14(27)10-18(16)29)33-22(37)20(26(4,5)6)32-24(39)41-8/h9-10,15,19-20,35H,11-13H2,1-8H3,(H,30,36)(H,31,38)(H,32,39)(H,33,37)/t15-,19?,20-/m1/s1. The highest BCUT2D eigenvalue weighted by atomic mass is 79.9. The van der Waals surface area contributed by atoms with Crippen molar-refractivity contribution >= 4 is 39.9 Å². The molecule has 5 N–H and O–H groups in total. The van der Waals surface area contributed by atoms with Gasteiger partial charge in [0.05, 0.1) is 20.3 Å². The van der Waals surface area contributed by atoms with Gasteiger partial charge in [-0.05, 0) is 23.0 Å². The Hall–Kier alpha value is -3.04. The van der Waals surface area contributed by atoms with Crippen molar-refractivity contribution in [2.45, 2.75) is 66.3 Å². The summed E-state index contributed by atoms with van der Waals surface area (Å²) in [5.41, 5.74) is 0.587. The molecule has 41 heavy (non-hydrogen) atoms. The number of hydrogen-bond acceptors (Lipinski definition) is 8. The second-order valence-electron chi connectivity index (χ2n) is 11.5. The fourth-order valence-corrected chi connectivity index (χ4v) is 4.03. The molecule has 0 saturated carbocycles. The lowest BCUT2D eigenvalue weighted by molar-refractivity contribution is -0.132. The summed E-state index contributed by atoms with van der Waals surface area (Å²) in [6.07, 6.45) is -3.03. The van der Waals surface area contributed by atoms with Crippen molar-refractivity contribution in [2.75, 3.05) is 27.3 Å². The Labute approximate surface area is 247 Å². The SMILES string of the molecule is COC(=O)NC(C(=O)NC[C@@H](O)CN(Cc1c(F)cc(Br)cc1F)NC(=O)[C@@H](NC(=O)OC)C(C)(C)C)C(C)(C)C. The Kier molecular flexibility index (Phi) is 13.4. The van der Waals surface area contributed by atoms with E-state index in [9.17, 15) is 33.1 Å². The third kappa shape index (κ3) is 11.8. The van der Waals surface area contributed by atoms with Crippen LogP contribution >= 0.6 is 15.9 Å². The van der Waals surface area contributed by atoms with Crippen LogP contribution in [0.1, 0.15) is 47.1 Å². The first kappa shape index (κ1) is 36.0. The quantitative estimate of drug-likeness (QED) is 0.228. The van der Waals surface area contributed by atoms with E-state index in [1.807, 2.05) is 0 Å². The molecule has 0 bridgehead atoms. The van der Waals surface area contributed by atoms with Crippen LogP contribution in [0.15, 0.2) is 16.6 Å². The number of alkyl carbamates (subject to hydrolysis) is 2. The number of carbonyl (C=O) groups is 4. The molecule has 1 rings (SSSR count). The summed E-state index contributed by atoms with van der Waals surface area (Å²) in [7, 11) is 2.29. The summed E-state index contributed by atoms with van der Waals surface area (Å²) in [5, 5.41) is 19.2. The monoisotopic (exact) mass is 651 g/mol. The molecule has 232 valence electrons. The number of rotatable bonds is 11. The van der Waals surface area contributed by atoms with Crippen LogP contribution in [0.5, 0.6) is 0 Å². The van der Waals surface area contributed by atoms with Gasteiger partial charge in [-0.3, -0.25) is 15.0 Å². The zero-order valence-corrected chi connectivity index (χ0v) is 26.1. The molecule has 0 heterocycles. The van der Waals surface area contributed by atoms with Gasteiger partial charge in [0, 0.05) is 29.7 Å². The van der Waals surface area contributed by atoms with Gasteiger partial charge in [-0.1, -0.05) is 57.5 Å². The molecule has 1 aromatic rings. The maximum absolute atomic E-state index is 14.7. The van der Waals surface area contributed by atoms with E-state index >= 15 is 0 Å². The number of halogens is 3. The highest BCUT2D eigenvalue weighted by molar-refractivity contribution is 9.10. The molecule has 12 nitrogen and oxygen atoms in total. The average molecular weight is 653 g/mol. The summed E-state index contributed by atoms with van der Waals surface area (Å²) in [4.78, 5) is 49.6. The van der Waals surface area contributed by atoms with Crippen LogP contribution < -0.4 is 21.4 Å². The molecule has 0 radical (unpaired) electrons. The molecule has 0 aliphatic heterocycles. The molecule has 3 atom stereocenters. The maximum atomic E-state index is 14.7. The molecule has 0 spiro atoms. The van der Waals surface area contributed by atoms with Crippen molar-refractivity contribution < 1.29 is 42.5 Å². The summed E-state index contributed by atoms with van der Waals surface area (Å²) in [5.74, 6) is -3.16. The number of methoxy groups -OCH3 is 2. The van der Waals surface area contributed by atoms with E-state index in [4.69, 9.17) is 0 Å². The molecule has 1 aromatic carbocycles. The number of hydrazine groups is 1. The van der Waals surface area contributed by atoms with Crippen molar-refractivity contribution in [1.29, 1.82) is 0 Å². The highest BCUT2D eigenvalue weighted by Crippen LogP contribution is 2.23. The zero-order valence-electron chi connectivity index (χ0n) is 24.5. The fourth-order valence-electron chi connectivity index (χ4n) is 3.63. The second kappa shape index (κ2) is 15.3. The Morgan fingerprint density at radius 3 is 1.76 bits per heavy atom. The molecule has 1 unspecified atom stereocenters. The fraction of sp³-hybridized carbons (Fsp3) is 0.615. The normalized spacial score (nSPS) is 14.0. The van der Waals surface area contributed by atoms with Gasteiger partial charge in [0.25, 0.3) is 5.91 Å². The predicted octanol–water partition coefficient (Wildman–Crippen LogP) is 2.58. The molecule has 0 aliphatic rings. The Balaban J connectivity index is 3.18. The first-order valence-corrected chi connectivity index (χ1v) is 13.4.